The first-order valence-electron chi connectivity index (χ1n) is 24.8. The molecule has 3 saturated heterocycles. The Morgan fingerprint density at radius 3 is 2.19 bits per heavy atom. The van der Waals surface area contributed by atoms with Gasteiger partial charge in [-0.15, -0.1) is 0 Å². The lowest BCUT2D eigenvalue weighted by atomic mass is 9.79. The van der Waals surface area contributed by atoms with Crippen LogP contribution in [0.2, 0.25) is 0 Å². The van der Waals surface area contributed by atoms with Gasteiger partial charge in [0, 0.05) is 55.8 Å². The van der Waals surface area contributed by atoms with E-state index in [1.165, 1.54) is 27.2 Å². The molecule has 4 heterocycles. The SMILES string of the molecule is [2H]C([2H])([2H])C(=O)O[C@@H]1CC(=O)O[C@H](CC)C(CO[C@@H]2O[C@H](C)[C@@H](O)[C@@H](OC)[C@H]2OC)/C=C(C)/C=C/C(=O)[C@H](C)C[C@H](CC=O)[C@H](O[C@@H]2O[C@H](C)[C@@H](O[C@H]3C[C@@](C)(O)[C@@H](O)[C@H](C)O3)[C@H](N(C)C)[C@H]2O)[C@H]1C. The van der Waals surface area contributed by atoms with Crippen LogP contribution in [0.3, 0.4) is 0 Å². The number of esters is 2. The van der Waals surface area contributed by atoms with E-state index in [0.717, 1.165) is 0 Å². The number of hydrogen-bond donors (Lipinski definition) is 4. The molecule has 21 atom stereocenters. The second kappa shape index (κ2) is 25.4. The number of likely N-dealkylation sites (N-methyl/N-ethyl adjacent to an activating group) is 1. The van der Waals surface area contributed by atoms with Crippen molar-refractivity contribution >= 4 is 24.0 Å². The summed E-state index contributed by atoms with van der Waals surface area (Å²) in [5.41, 5.74) is -0.942. The van der Waals surface area contributed by atoms with Gasteiger partial charge in [0.25, 0.3) is 0 Å². The Hall–Kier alpha value is -2.76. The molecule has 4 aliphatic rings. The summed E-state index contributed by atoms with van der Waals surface area (Å²) in [6.07, 6.45) is -11.1. The van der Waals surface area contributed by atoms with Crippen LogP contribution < -0.4 is 0 Å². The van der Waals surface area contributed by atoms with Crippen molar-refractivity contribution in [1.82, 2.24) is 4.90 Å². The van der Waals surface area contributed by atoms with Gasteiger partial charge in [-0.2, -0.15) is 0 Å². The van der Waals surface area contributed by atoms with Crippen LogP contribution in [0.15, 0.2) is 23.8 Å². The maximum absolute atomic E-state index is 14.2. The highest BCUT2D eigenvalue weighted by Crippen LogP contribution is 2.38. The summed E-state index contributed by atoms with van der Waals surface area (Å²) >= 11 is 0. The standard InChI is InChI=1S/C48H79NO18/c1-14-34-32(23-60-47-44(59-13)43(58-12)39(54)27(5)62-47)19-24(2)15-16-33(52)25(3)20-31(17-18-50)41(26(4)35(64-30(8)51)21-36(53)65-34)67-46-40(55)38(49(10)11)42(28(6)63-46)66-37-22-48(9,57)45(56)29(7)61-37/h15-16,18-19,25-29,31-32,34-35,37-47,54-57H,14,17,20-23H2,1-13H3/b16-15+,24-19+/t25-,26+,27-,28-,29+,31+,32?,34-,35-,37+,38-,39-,40-,41-,42-,43-,44-,45+,46+,47-,48-/m1/s1/i8D3. The van der Waals surface area contributed by atoms with Gasteiger partial charge in [0.2, 0.25) is 0 Å². The molecule has 67 heavy (non-hydrogen) atoms. The Kier molecular flexibility index (Phi) is 19.7. The van der Waals surface area contributed by atoms with Gasteiger partial charge in [0.05, 0.1) is 49.1 Å². The van der Waals surface area contributed by atoms with Gasteiger partial charge in [-0.25, -0.2) is 0 Å². The van der Waals surface area contributed by atoms with Crippen molar-refractivity contribution in [2.75, 3.05) is 34.9 Å². The molecule has 19 heteroatoms. The fourth-order valence-electron chi connectivity index (χ4n) is 9.78. The Balaban J connectivity index is 1.75. The average Bonchev–Trinajstić information content (AvgIpc) is 3.27. The Bertz CT molecular complexity index is 1780. The molecule has 3 fully saturated rings. The highest BCUT2D eigenvalue weighted by molar-refractivity contribution is 5.91. The van der Waals surface area contributed by atoms with Gasteiger partial charge in [0.1, 0.15) is 55.1 Å². The van der Waals surface area contributed by atoms with Crippen molar-refractivity contribution in [3.05, 3.63) is 23.8 Å². The van der Waals surface area contributed by atoms with Gasteiger partial charge in [0.15, 0.2) is 24.7 Å². The summed E-state index contributed by atoms with van der Waals surface area (Å²) in [7, 11) is 6.25. The average molecular weight is 961 g/mol. The van der Waals surface area contributed by atoms with E-state index < -0.39 is 153 Å². The molecule has 384 valence electrons. The molecular formula is C48H79NO18. The topological polar surface area (TPSA) is 245 Å². The molecule has 0 aromatic heterocycles. The number of ketones is 1. The molecule has 0 aliphatic carbocycles. The van der Waals surface area contributed by atoms with Crippen molar-refractivity contribution in [1.29, 1.82) is 0 Å². The number of aliphatic hydroxyl groups excluding tert-OH is 3. The maximum atomic E-state index is 14.2. The summed E-state index contributed by atoms with van der Waals surface area (Å²) in [5, 5.41) is 44.3. The lowest BCUT2D eigenvalue weighted by Gasteiger charge is -2.50. The van der Waals surface area contributed by atoms with Gasteiger partial charge >= 0.3 is 11.9 Å². The zero-order chi connectivity index (χ0) is 52.6. The van der Waals surface area contributed by atoms with Crippen molar-refractivity contribution in [3.8, 4) is 0 Å². The lowest BCUT2D eigenvalue weighted by molar-refractivity contribution is -0.342. The number of rotatable bonds is 14. The van der Waals surface area contributed by atoms with Gasteiger partial charge in [-0.05, 0) is 73.5 Å². The van der Waals surface area contributed by atoms with Gasteiger partial charge < -0.3 is 77.5 Å². The number of methoxy groups -OCH3 is 2. The second-order valence-corrected chi connectivity index (χ2v) is 19.1. The molecule has 0 bridgehead atoms. The summed E-state index contributed by atoms with van der Waals surface area (Å²) in [5.74, 6) is -6.21. The highest BCUT2D eigenvalue weighted by atomic mass is 16.7. The number of ether oxygens (including phenoxy) is 10. The third-order valence-electron chi connectivity index (χ3n) is 13.6. The maximum Gasteiger partial charge on any atom is 0.309 e. The van der Waals surface area contributed by atoms with Crippen molar-refractivity contribution in [2.45, 2.75) is 198 Å². The zero-order valence-electron chi connectivity index (χ0n) is 44.1. The molecule has 4 rings (SSSR count). The van der Waals surface area contributed by atoms with Crippen LogP contribution in [0.1, 0.15) is 98.5 Å². The Morgan fingerprint density at radius 2 is 1.60 bits per heavy atom. The molecule has 4 aliphatic heterocycles. The van der Waals surface area contributed by atoms with Crippen molar-refractivity contribution < 1.29 is 91.1 Å². The highest BCUT2D eigenvalue weighted by Gasteiger charge is 2.52. The first kappa shape index (κ1) is 52.1. The number of hydrogen-bond acceptors (Lipinski definition) is 19. The molecule has 0 spiro atoms. The van der Waals surface area contributed by atoms with Crippen LogP contribution in [0.25, 0.3) is 0 Å². The molecule has 0 radical (unpaired) electrons. The van der Waals surface area contributed by atoms with Crippen LogP contribution in [-0.2, 0) is 66.5 Å². The van der Waals surface area contributed by atoms with Crippen LogP contribution in [-0.4, -0.2) is 188 Å². The predicted octanol–water partition coefficient (Wildman–Crippen LogP) is 2.40. The van der Waals surface area contributed by atoms with E-state index in [9.17, 15) is 39.6 Å². The Labute approximate surface area is 399 Å². The molecule has 0 amide bonds. The second-order valence-electron chi connectivity index (χ2n) is 19.1. The lowest BCUT2D eigenvalue weighted by Crippen LogP contribution is -2.65. The van der Waals surface area contributed by atoms with Crippen molar-refractivity contribution in [3.63, 3.8) is 0 Å². The number of carbonyl (C=O) groups excluding carboxylic acids is 4. The summed E-state index contributed by atoms with van der Waals surface area (Å²) in [6.45, 7) is 9.78. The largest absolute Gasteiger partial charge is 0.462 e. The number of nitrogens with zero attached hydrogens (tertiary/aromatic N) is 1. The van der Waals surface area contributed by atoms with Gasteiger partial charge in [-0.3, -0.25) is 14.4 Å². The molecule has 19 nitrogen and oxygen atoms in total. The van der Waals surface area contributed by atoms with Crippen LogP contribution in [0.4, 0.5) is 0 Å². The van der Waals surface area contributed by atoms with Crippen LogP contribution >= 0.6 is 0 Å². The predicted molar refractivity (Wildman–Crippen MR) is 240 cm³/mol. The number of aliphatic hydroxyl groups is 4. The molecule has 0 aromatic rings. The molecule has 4 N–H and O–H groups in total. The quantitative estimate of drug-likeness (QED) is 0.144. The minimum atomic E-state index is -3.25. The third-order valence-corrected chi connectivity index (χ3v) is 13.6. The Morgan fingerprint density at radius 1 is 0.925 bits per heavy atom. The van der Waals surface area contributed by atoms with E-state index >= 15 is 0 Å². The summed E-state index contributed by atoms with van der Waals surface area (Å²) in [4.78, 5) is 55.6. The van der Waals surface area contributed by atoms with Crippen LogP contribution in [0.5, 0.6) is 0 Å². The molecule has 0 aromatic carbocycles. The number of cyclic esters (lactones) is 1. The normalized spacial score (nSPS) is 45.1. The minimum Gasteiger partial charge on any atom is -0.462 e. The van der Waals surface area contributed by atoms with E-state index in [-0.39, 0.29) is 38.1 Å². The molecule has 1 unspecified atom stereocenters. The van der Waals surface area contributed by atoms with Crippen LogP contribution in [0, 0.1) is 23.7 Å². The fraction of sp³-hybridized carbons (Fsp3) is 0.833. The first-order valence-corrected chi connectivity index (χ1v) is 23.3. The van der Waals surface area contributed by atoms with Gasteiger partial charge in [-0.1, -0.05) is 38.5 Å². The third kappa shape index (κ3) is 14.6. The number of aldehydes is 1. The smallest absolute Gasteiger partial charge is 0.309 e. The summed E-state index contributed by atoms with van der Waals surface area (Å²) < 4.78 is 84.0. The number of carbonyl (C=O) groups is 4. The van der Waals surface area contributed by atoms with E-state index in [2.05, 4.69) is 0 Å². The van der Waals surface area contributed by atoms with E-state index in [4.69, 9.17) is 51.5 Å². The van der Waals surface area contributed by atoms with E-state index in [0.29, 0.717) is 11.9 Å². The number of allylic oxidation sites excluding steroid dienone is 3. The van der Waals surface area contributed by atoms with E-state index in [1.807, 2.05) is 0 Å². The first-order chi connectivity index (χ1) is 32.7. The fourth-order valence-corrected chi connectivity index (χ4v) is 9.78. The monoisotopic (exact) mass is 961 g/mol. The zero-order valence-corrected chi connectivity index (χ0v) is 41.1. The summed E-state index contributed by atoms with van der Waals surface area (Å²) in [6, 6.07) is -0.860. The molecule has 0 saturated carbocycles. The minimum absolute atomic E-state index is 0.0142. The van der Waals surface area contributed by atoms with E-state index in [1.54, 1.807) is 79.6 Å². The van der Waals surface area contributed by atoms with Crippen molar-refractivity contribution in [2.24, 2.45) is 23.7 Å². The molecular weight excluding hydrogens is 879 g/mol.